The fourth-order valence-corrected chi connectivity index (χ4v) is 1.50. The van der Waals surface area contributed by atoms with Gasteiger partial charge in [0, 0.05) is 12.1 Å². The summed E-state index contributed by atoms with van der Waals surface area (Å²) in [6.45, 7) is 8.44. The molecule has 0 unspecified atom stereocenters. The third-order valence-electron chi connectivity index (χ3n) is 2.30. The molecule has 0 aromatic heterocycles. The maximum atomic E-state index is 11.2. The van der Waals surface area contributed by atoms with E-state index in [1.807, 2.05) is 45.9 Å². The molecule has 3 N–H and O–H groups in total. The van der Waals surface area contributed by atoms with Gasteiger partial charge < -0.3 is 15.8 Å². The molecule has 0 saturated heterocycles. The highest BCUT2D eigenvalue weighted by Gasteiger charge is 2.15. The summed E-state index contributed by atoms with van der Waals surface area (Å²) in [5.74, 6) is 0.636. The average molecular weight is 250 g/mol. The van der Waals surface area contributed by atoms with Crippen LogP contribution in [0.4, 0.5) is 0 Å². The average Bonchev–Trinajstić information content (AvgIpc) is 2.25. The number of carbonyl (C=O) groups excluding carboxylic acids is 1. The third kappa shape index (κ3) is 4.75. The molecule has 0 radical (unpaired) electrons. The fourth-order valence-electron chi connectivity index (χ4n) is 1.50. The van der Waals surface area contributed by atoms with Crippen molar-refractivity contribution in [2.45, 2.75) is 39.8 Å². The first-order chi connectivity index (χ1) is 8.31. The third-order valence-corrected chi connectivity index (χ3v) is 2.30. The maximum absolute atomic E-state index is 11.2. The topological polar surface area (TPSA) is 64.4 Å². The number of nitrogens with one attached hydrogen (secondary N) is 1. The van der Waals surface area contributed by atoms with E-state index in [1.165, 1.54) is 0 Å². The predicted molar refractivity (Wildman–Crippen MR) is 72.5 cm³/mol. The number of carbonyl (C=O) groups is 1. The lowest BCUT2D eigenvalue weighted by molar-refractivity contribution is -0.119. The molecule has 0 aliphatic rings. The summed E-state index contributed by atoms with van der Waals surface area (Å²) in [5.41, 5.74) is 7.08. The van der Waals surface area contributed by atoms with Crippen LogP contribution in [0, 0.1) is 6.92 Å². The van der Waals surface area contributed by atoms with Crippen LogP contribution in [0.25, 0.3) is 0 Å². The highest BCUT2D eigenvalue weighted by molar-refractivity contribution is 5.77. The van der Waals surface area contributed by atoms with E-state index in [1.54, 1.807) is 0 Å². The Balaban J connectivity index is 2.86. The van der Waals surface area contributed by atoms with Crippen LogP contribution >= 0.6 is 0 Å². The second-order valence-corrected chi connectivity index (χ2v) is 5.31. The molecule has 0 spiro atoms. The number of hydrogen-bond donors (Lipinski definition) is 2. The van der Waals surface area contributed by atoms with Crippen LogP contribution in [0.2, 0.25) is 0 Å². The zero-order chi connectivity index (χ0) is 13.8. The van der Waals surface area contributed by atoms with Gasteiger partial charge in [-0.15, -0.1) is 0 Å². The molecule has 1 aromatic carbocycles. The number of benzene rings is 1. The zero-order valence-corrected chi connectivity index (χ0v) is 11.5. The molecule has 0 atom stereocenters. The molecule has 0 aliphatic carbocycles. The molecule has 0 heterocycles. The Morgan fingerprint density at radius 2 is 2.06 bits per heavy atom. The molecule has 1 aromatic rings. The van der Waals surface area contributed by atoms with Crippen LogP contribution in [-0.4, -0.2) is 18.1 Å². The molecule has 0 saturated carbocycles. The molecule has 1 amide bonds. The minimum Gasteiger partial charge on any atom is -0.488 e. The Morgan fingerprint density at radius 1 is 1.39 bits per heavy atom. The van der Waals surface area contributed by atoms with Crippen molar-refractivity contribution >= 4 is 5.91 Å². The van der Waals surface area contributed by atoms with Crippen molar-refractivity contribution in [1.82, 2.24) is 5.32 Å². The fraction of sp³-hybridized carbons (Fsp3) is 0.500. The maximum Gasteiger partial charge on any atom is 0.234 e. The van der Waals surface area contributed by atoms with Crippen LogP contribution < -0.4 is 15.8 Å². The Kier molecular flexibility index (Phi) is 4.73. The van der Waals surface area contributed by atoms with E-state index in [-0.39, 0.29) is 18.1 Å². The van der Waals surface area contributed by atoms with Gasteiger partial charge in [0.1, 0.15) is 11.4 Å². The first kappa shape index (κ1) is 14.5. The minimum absolute atomic E-state index is 0.00131. The molecule has 4 nitrogen and oxygen atoms in total. The van der Waals surface area contributed by atoms with Crippen molar-refractivity contribution in [3.63, 3.8) is 0 Å². The Morgan fingerprint density at radius 3 is 2.61 bits per heavy atom. The van der Waals surface area contributed by atoms with Crippen molar-refractivity contribution < 1.29 is 9.53 Å². The van der Waals surface area contributed by atoms with E-state index >= 15 is 0 Å². The van der Waals surface area contributed by atoms with Gasteiger partial charge in [0.2, 0.25) is 5.91 Å². The highest BCUT2D eigenvalue weighted by atomic mass is 16.5. The van der Waals surface area contributed by atoms with Gasteiger partial charge in [0.25, 0.3) is 0 Å². The standard InChI is InChI=1S/C14H22N2O2/c1-10-5-6-11(9-16-13(17)8-15)12(7-10)18-14(2,3)4/h5-7H,8-9,15H2,1-4H3,(H,16,17). The number of hydrogen-bond acceptors (Lipinski definition) is 3. The second-order valence-electron chi connectivity index (χ2n) is 5.31. The van der Waals surface area contributed by atoms with E-state index in [2.05, 4.69) is 5.32 Å². The summed E-state index contributed by atoms with van der Waals surface area (Å²) in [7, 11) is 0. The zero-order valence-electron chi connectivity index (χ0n) is 11.5. The van der Waals surface area contributed by atoms with E-state index < -0.39 is 0 Å². The second kappa shape index (κ2) is 5.87. The first-order valence-electron chi connectivity index (χ1n) is 6.07. The molecule has 0 aliphatic heterocycles. The molecular formula is C14H22N2O2. The van der Waals surface area contributed by atoms with E-state index in [9.17, 15) is 4.79 Å². The minimum atomic E-state index is -0.263. The lowest BCUT2D eigenvalue weighted by atomic mass is 10.1. The quantitative estimate of drug-likeness (QED) is 0.855. The van der Waals surface area contributed by atoms with Gasteiger partial charge in [-0.05, 0) is 39.3 Å². The van der Waals surface area contributed by atoms with Gasteiger partial charge in [-0.3, -0.25) is 4.79 Å². The van der Waals surface area contributed by atoms with Crippen molar-refractivity contribution in [1.29, 1.82) is 0 Å². The highest BCUT2D eigenvalue weighted by Crippen LogP contribution is 2.24. The monoisotopic (exact) mass is 250 g/mol. The smallest absolute Gasteiger partial charge is 0.234 e. The van der Waals surface area contributed by atoms with Crippen LogP contribution in [0.1, 0.15) is 31.9 Å². The van der Waals surface area contributed by atoms with Crippen LogP contribution in [0.5, 0.6) is 5.75 Å². The van der Waals surface area contributed by atoms with Crippen molar-refractivity contribution in [2.24, 2.45) is 5.73 Å². The summed E-state index contributed by atoms with van der Waals surface area (Å²) in [6, 6.07) is 5.95. The summed E-state index contributed by atoms with van der Waals surface area (Å²) in [4.78, 5) is 11.2. The lowest BCUT2D eigenvalue weighted by Crippen LogP contribution is -2.30. The molecule has 100 valence electrons. The summed E-state index contributed by atoms with van der Waals surface area (Å²) >= 11 is 0. The van der Waals surface area contributed by atoms with Gasteiger partial charge in [-0.2, -0.15) is 0 Å². The number of nitrogens with two attached hydrogens (primary N) is 1. The molecule has 18 heavy (non-hydrogen) atoms. The molecule has 4 heteroatoms. The molecule has 0 fully saturated rings. The van der Waals surface area contributed by atoms with Crippen LogP contribution in [0.15, 0.2) is 18.2 Å². The first-order valence-corrected chi connectivity index (χ1v) is 6.07. The predicted octanol–water partition coefficient (Wildman–Crippen LogP) is 1.75. The van der Waals surface area contributed by atoms with Gasteiger partial charge in [0.15, 0.2) is 0 Å². The SMILES string of the molecule is Cc1ccc(CNC(=O)CN)c(OC(C)(C)C)c1. The summed E-state index contributed by atoms with van der Waals surface area (Å²) in [6.07, 6.45) is 0. The normalized spacial score (nSPS) is 11.2. The van der Waals surface area contributed by atoms with Gasteiger partial charge in [0.05, 0.1) is 6.54 Å². The van der Waals surface area contributed by atoms with Crippen molar-refractivity contribution in [3.8, 4) is 5.75 Å². The summed E-state index contributed by atoms with van der Waals surface area (Å²) < 4.78 is 5.90. The largest absolute Gasteiger partial charge is 0.488 e. The number of aryl methyl sites for hydroxylation is 1. The number of amides is 1. The van der Waals surface area contributed by atoms with Crippen LogP contribution in [0.3, 0.4) is 0 Å². The van der Waals surface area contributed by atoms with Gasteiger partial charge in [-0.1, -0.05) is 12.1 Å². The van der Waals surface area contributed by atoms with Gasteiger partial charge in [-0.25, -0.2) is 0 Å². The molecule has 0 bridgehead atoms. The Bertz CT molecular complexity index is 422. The lowest BCUT2D eigenvalue weighted by Gasteiger charge is -2.23. The van der Waals surface area contributed by atoms with E-state index in [4.69, 9.17) is 10.5 Å². The molecular weight excluding hydrogens is 228 g/mol. The molecule has 1 rings (SSSR count). The van der Waals surface area contributed by atoms with Gasteiger partial charge >= 0.3 is 0 Å². The summed E-state index contributed by atoms with van der Waals surface area (Å²) in [5, 5.41) is 2.75. The van der Waals surface area contributed by atoms with E-state index in [0.29, 0.717) is 6.54 Å². The van der Waals surface area contributed by atoms with Crippen LogP contribution in [-0.2, 0) is 11.3 Å². The Hall–Kier alpha value is -1.55. The van der Waals surface area contributed by atoms with E-state index in [0.717, 1.165) is 16.9 Å². The number of ether oxygens (including phenoxy) is 1. The van der Waals surface area contributed by atoms with Crippen molar-refractivity contribution in [3.05, 3.63) is 29.3 Å². The van der Waals surface area contributed by atoms with Crippen molar-refractivity contribution in [2.75, 3.05) is 6.54 Å². The Labute approximate surface area is 109 Å². The number of rotatable bonds is 4.